The average Bonchev–Trinajstić information content (AvgIpc) is 2.25. The number of benzene rings is 1. The lowest BCUT2D eigenvalue weighted by Crippen LogP contribution is -2.31. The second-order valence-corrected chi connectivity index (χ2v) is 4.70. The van der Waals surface area contributed by atoms with Gasteiger partial charge < -0.3 is 10.2 Å². The molecule has 0 spiro atoms. The fraction of sp³-hybridized carbons (Fsp3) is 0.417. The van der Waals surface area contributed by atoms with Gasteiger partial charge in [0.2, 0.25) is 0 Å². The van der Waals surface area contributed by atoms with Crippen LogP contribution in [0.15, 0.2) is 18.2 Å². The number of aliphatic hydroxyl groups is 1. The summed E-state index contributed by atoms with van der Waals surface area (Å²) in [4.78, 5) is 10.9. The maximum Gasteiger partial charge on any atom is 0.416 e. The van der Waals surface area contributed by atoms with Crippen LogP contribution in [0.1, 0.15) is 31.1 Å². The van der Waals surface area contributed by atoms with Gasteiger partial charge in [-0.15, -0.1) is 0 Å². The molecule has 1 aromatic carbocycles. The zero-order valence-corrected chi connectivity index (χ0v) is 10.1. The SMILES string of the molecule is CC(C)(C(=O)O)C(O)c1cc(F)cc(C(F)(F)F)c1. The molecule has 1 unspecified atom stereocenters. The Bertz CT molecular complexity index is 494. The quantitative estimate of drug-likeness (QED) is 0.837. The minimum atomic E-state index is -4.77. The van der Waals surface area contributed by atoms with Crippen LogP contribution in [-0.2, 0) is 11.0 Å². The van der Waals surface area contributed by atoms with Crippen LogP contribution in [0, 0.1) is 11.2 Å². The van der Waals surface area contributed by atoms with Crippen molar-refractivity contribution in [3.8, 4) is 0 Å². The summed E-state index contributed by atoms with van der Waals surface area (Å²) in [6.45, 7) is 2.27. The summed E-state index contributed by atoms with van der Waals surface area (Å²) in [6.07, 6.45) is -6.54. The zero-order chi connectivity index (χ0) is 15.0. The summed E-state index contributed by atoms with van der Waals surface area (Å²) in [6, 6.07) is 1.51. The smallest absolute Gasteiger partial charge is 0.416 e. The molecule has 0 radical (unpaired) electrons. The van der Waals surface area contributed by atoms with Crippen LogP contribution in [0.5, 0.6) is 0 Å². The lowest BCUT2D eigenvalue weighted by atomic mass is 9.82. The number of hydrogen-bond donors (Lipinski definition) is 2. The molecule has 0 saturated heterocycles. The number of carboxylic acids is 1. The van der Waals surface area contributed by atoms with E-state index in [-0.39, 0.29) is 6.07 Å². The maximum absolute atomic E-state index is 13.1. The van der Waals surface area contributed by atoms with Gasteiger partial charge in [0.25, 0.3) is 0 Å². The van der Waals surface area contributed by atoms with E-state index < -0.39 is 40.6 Å². The van der Waals surface area contributed by atoms with Gasteiger partial charge in [0.1, 0.15) is 5.82 Å². The molecular weight excluding hydrogens is 268 g/mol. The normalized spacial score (nSPS) is 14.3. The molecule has 0 bridgehead atoms. The van der Waals surface area contributed by atoms with E-state index in [1.54, 1.807) is 0 Å². The van der Waals surface area contributed by atoms with Crippen molar-refractivity contribution in [3.63, 3.8) is 0 Å². The predicted octanol–water partition coefficient (Wildman–Crippen LogP) is 2.99. The van der Waals surface area contributed by atoms with E-state index in [4.69, 9.17) is 5.11 Å². The van der Waals surface area contributed by atoms with Crippen LogP contribution >= 0.6 is 0 Å². The monoisotopic (exact) mass is 280 g/mol. The van der Waals surface area contributed by atoms with Gasteiger partial charge >= 0.3 is 12.1 Å². The van der Waals surface area contributed by atoms with Crippen molar-refractivity contribution in [2.75, 3.05) is 0 Å². The standard InChI is InChI=1S/C12H12F4O3/c1-11(2,10(18)19)9(17)6-3-7(12(14,15)16)5-8(13)4-6/h3-5,9,17H,1-2H3,(H,18,19). The molecule has 1 aromatic rings. The summed E-state index contributed by atoms with van der Waals surface area (Å²) in [5.41, 5.74) is -3.45. The number of carboxylic acid groups (broad SMARTS) is 1. The van der Waals surface area contributed by atoms with Gasteiger partial charge in [-0.3, -0.25) is 4.79 Å². The average molecular weight is 280 g/mol. The number of hydrogen-bond acceptors (Lipinski definition) is 2. The molecule has 0 fully saturated rings. The maximum atomic E-state index is 13.1. The third-order valence-electron chi connectivity index (χ3n) is 2.80. The molecule has 7 heteroatoms. The van der Waals surface area contributed by atoms with Crippen molar-refractivity contribution < 1.29 is 32.6 Å². The summed E-state index contributed by atoms with van der Waals surface area (Å²) >= 11 is 0. The molecule has 19 heavy (non-hydrogen) atoms. The van der Waals surface area contributed by atoms with E-state index in [9.17, 15) is 27.5 Å². The van der Waals surface area contributed by atoms with E-state index in [0.29, 0.717) is 12.1 Å². The predicted molar refractivity (Wildman–Crippen MR) is 57.8 cm³/mol. The Morgan fingerprint density at radius 2 is 1.74 bits per heavy atom. The molecule has 1 rings (SSSR count). The largest absolute Gasteiger partial charge is 0.481 e. The van der Waals surface area contributed by atoms with Gasteiger partial charge in [-0.2, -0.15) is 13.2 Å². The fourth-order valence-corrected chi connectivity index (χ4v) is 1.47. The Hall–Kier alpha value is -1.63. The van der Waals surface area contributed by atoms with Crippen LogP contribution < -0.4 is 0 Å². The Kier molecular flexibility index (Phi) is 3.90. The molecule has 0 amide bonds. The third-order valence-corrected chi connectivity index (χ3v) is 2.80. The van der Waals surface area contributed by atoms with E-state index in [0.717, 1.165) is 13.8 Å². The number of aliphatic hydroxyl groups excluding tert-OH is 1. The molecule has 2 N–H and O–H groups in total. The number of alkyl halides is 3. The second kappa shape index (κ2) is 4.80. The molecule has 0 aromatic heterocycles. The van der Waals surface area contributed by atoms with E-state index in [2.05, 4.69) is 0 Å². The minimum Gasteiger partial charge on any atom is -0.481 e. The van der Waals surface area contributed by atoms with Crippen molar-refractivity contribution in [2.45, 2.75) is 26.1 Å². The minimum absolute atomic E-state index is 0.282. The van der Waals surface area contributed by atoms with E-state index in [1.807, 2.05) is 0 Å². The van der Waals surface area contributed by atoms with Gasteiger partial charge in [-0.1, -0.05) is 0 Å². The summed E-state index contributed by atoms with van der Waals surface area (Å²) < 4.78 is 50.7. The highest BCUT2D eigenvalue weighted by Gasteiger charge is 2.38. The molecular formula is C12H12F4O3. The first kappa shape index (κ1) is 15.4. The van der Waals surface area contributed by atoms with Crippen LogP contribution in [0.3, 0.4) is 0 Å². The lowest BCUT2D eigenvalue weighted by Gasteiger charge is -2.26. The van der Waals surface area contributed by atoms with Crippen LogP contribution in [0.25, 0.3) is 0 Å². The Labute approximate surface area is 106 Å². The highest BCUT2D eigenvalue weighted by atomic mass is 19.4. The lowest BCUT2D eigenvalue weighted by molar-refractivity contribution is -0.153. The first-order valence-electron chi connectivity index (χ1n) is 5.25. The van der Waals surface area contributed by atoms with Gasteiger partial charge in [-0.25, -0.2) is 4.39 Å². The number of halogens is 4. The Morgan fingerprint density at radius 1 is 1.21 bits per heavy atom. The summed E-state index contributed by atoms with van der Waals surface area (Å²) in [7, 11) is 0. The van der Waals surface area contributed by atoms with Crippen LogP contribution in [0.4, 0.5) is 17.6 Å². The van der Waals surface area contributed by atoms with Crippen molar-refractivity contribution in [1.29, 1.82) is 0 Å². The zero-order valence-electron chi connectivity index (χ0n) is 10.1. The number of carbonyl (C=O) groups is 1. The second-order valence-electron chi connectivity index (χ2n) is 4.70. The van der Waals surface area contributed by atoms with E-state index >= 15 is 0 Å². The molecule has 3 nitrogen and oxygen atoms in total. The van der Waals surface area contributed by atoms with Gasteiger partial charge in [-0.05, 0) is 37.6 Å². The van der Waals surface area contributed by atoms with Gasteiger partial charge in [0.05, 0.1) is 17.1 Å². The van der Waals surface area contributed by atoms with Gasteiger partial charge in [0, 0.05) is 0 Å². The van der Waals surface area contributed by atoms with Crippen LogP contribution in [0.2, 0.25) is 0 Å². The highest BCUT2D eigenvalue weighted by molar-refractivity contribution is 5.74. The summed E-state index contributed by atoms with van der Waals surface area (Å²) in [5.74, 6) is -2.59. The Morgan fingerprint density at radius 3 is 2.16 bits per heavy atom. The number of rotatable bonds is 3. The first-order chi connectivity index (χ1) is 8.46. The van der Waals surface area contributed by atoms with Crippen molar-refractivity contribution in [3.05, 3.63) is 35.1 Å². The molecule has 0 aliphatic heterocycles. The van der Waals surface area contributed by atoms with Crippen molar-refractivity contribution in [2.24, 2.45) is 5.41 Å². The van der Waals surface area contributed by atoms with Crippen molar-refractivity contribution in [1.82, 2.24) is 0 Å². The fourth-order valence-electron chi connectivity index (χ4n) is 1.47. The van der Waals surface area contributed by atoms with Gasteiger partial charge in [0.15, 0.2) is 0 Å². The van der Waals surface area contributed by atoms with E-state index in [1.165, 1.54) is 0 Å². The molecule has 0 saturated carbocycles. The molecule has 0 aliphatic rings. The Balaban J connectivity index is 3.29. The van der Waals surface area contributed by atoms with Crippen LogP contribution in [-0.4, -0.2) is 16.2 Å². The topological polar surface area (TPSA) is 57.5 Å². The third kappa shape index (κ3) is 3.23. The molecule has 0 heterocycles. The molecule has 106 valence electrons. The molecule has 1 atom stereocenters. The first-order valence-corrected chi connectivity index (χ1v) is 5.25. The highest BCUT2D eigenvalue weighted by Crippen LogP contribution is 2.37. The van der Waals surface area contributed by atoms with Crippen molar-refractivity contribution >= 4 is 5.97 Å². The molecule has 0 aliphatic carbocycles. The number of aliphatic carboxylic acids is 1. The summed E-state index contributed by atoms with van der Waals surface area (Å²) in [5, 5.41) is 18.7.